The molecule has 1 aliphatic rings. The molecule has 4 rings (SSSR count). The number of nitrogens with one attached hydrogen (secondary N) is 1. The van der Waals surface area contributed by atoms with E-state index in [0.29, 0.717) is 13.0 Å². The van der Waals surface area contributed by atoms with E-state index < -0.39 is 0 Å². The highest BCUT2D eigenvalue weighted by Gasteiger charge is 2.30. The Bertz CT molecular complexity index is 981. The summed E-state index contributed by atoms with van der Waals surface area (Å²) < 4.78 is 11.2. The van der Waals surface area contributed by atoms with Crippen LogP contribution in [0, 0.1) is 0 Å². The zero-order chi connectivity index (χ0) is 20.1. The summed E-state index contributed by atoms with van der Waals surface area (Å²) in [5.74, 6) is 1.50. The highest BCUT2D eigenvalue weighted by molar-refractivity contribution is 6.06. The van der Waals surface area contributed by atoms with Crippen molar-refractivity contribution in [3.05, 3.63) is 65.7 Å². The summed E-state index contributed by atoms with van der Waals surface area (Å²) in [4.78, 5) is 12.5. The van der Waals surface area contributed by atoms with Crippen molar-refractivity contribution in [3.63, 3.8) is 0 Å². The Kier molecular flexibility index (Phi) is 6.19. The molecule has 0 radical (unpaired) electrons. The van der Waals surface area contributed by atoms with Crippen LogP contribution < -0.4 is 14.8 Å². The summed E-state index contributed by atoms with van der Waals surface area (Å²) in [5.41, 5.74) is 2.98. The van der Waals surface area contributed by atoms with E-state index in [9.17, 15) is 4.79 Å². The molecule has 0 spiro atoms. The number of hydrogen-bond acceptors (Lipinski definition) is 3. The summed E-state index contributed by atoms with van der Waals surface area (Å²) in [7, 11) is 1.66. The van der Waals surface area contributed by atoms with Gasteiger partial charge in [0.25, 0.3) is 0 Å². The number of methoxy groups -OCH3 is 1. The molecule has 3 aromatic carbocycles. The first-order chi connectivity index (χ1) is 13.7. The predicted molar refractivity (Wildman–Crippen MR) is 115 cm³/mol. The Hall–Kier alpha value is -3.01. The first-order valence-electron chi connectivity index (χ1n) is 9.83. The minimum absolute atomic E-state index is 0.0164. The highest BCUT2D eigenvalue weighted by atomic mass is 16.5. The lowest BCUT2D eigenvalue weighted by Gasteiger charge is -2.28. The minimum atomic E-state index is -0.0706. The molecule has 4 heteroatoms. The van der Waals surface area contributed by atoms with E-state index in [2.05, 4.69) is 23.5 Å². The molecule has 1 unspecified atom stereocenters. The summed E-state index contributed by atoms with van der Waals surface area (Å²) in [5, 5.41) is 5.24. The number of hydrogen-bond donors (Lipinski definition) is 1. The normalized spacial score (nSPS) is 15.1. The van der Waals surface area contributed by atoms with Crippen molar-refractivity contribution in [3.8, 4) is 11.5 Å². The molecule has 1 aliphatic heterocycles. The molecule has 0 saturated heterocycles. The summed E-state index contributed by atoms with van der Waals surface area (Å²) >= 11 is 0. The molecular weight excluding hydrogens is 350 g/mol. The van der Waals surface area contributed by atoms with E-state index in [0.717, 1.165) is 39.1 Å². The summed E-state index contributed by atoms with van der Waals surface area (Å²) in [6.07, 6.45) is 0.386. The van der Waals surface area contributed by atoms with Crippen molar-refractivity contribution in [2.24, 2.45) is 0 Å². The molecule has 0 aromatic heterocycles. The SMILES string of the molecule is CC.CCOc1ccc(OC)c(C2CC(=O)Nc3c2ccc2ccccc32)c1. The second-order valence-electron chi connectivity index (χ2n) is 6.39. The van der Waals surface area contributed by atoms with Gasteiger partial charge in [-0.3, -0.25) is 4.79 Å². The molecule has 0 aliphatic carbocycles. The van der Waals surface area contributed by atoms with E-state index in [1.54, 1.807) is 7.11 Å². The number of carbonyl (C=O) groups is 1. The van der Waals surface area contributed by atoms with Crippen molar-refractivity contribution in [1.82, 2.24) is 0 Å². The first-order valence-corrected chi connectivity index (χ1v) is 9.83. The molecule has 0 fully saturated rings. The van der Waals surface area contributed by atoms with E-state index in [1.807, 2.05) is 57.2 Å². The van der Waals surface area contributed by atoms with E-state index in [1.165, 1.54) is 0 Å². The maximum Gasteiger partial charge on any atom is 0.225 e. The van der Waals surface area contributed by atoms with Crippen molar-refractivity contribution >= 4 is 22.4 Å². The van der Waals surface area contributed by atoms with Gasteiger partial charge in [0.05, 0.1) is 19.4 Å². The minimum Gasteiger partial charge on any atom is -0.496 e. The van der Waals surface area contributed by atoms with Crippen LogP contribution in [0.5, 0.6) is 11.5 Å². The number of benzene rings is 3. The van der Waals surface area contributed by atoms with E-state index >= 15 is 0 Å². The van der Waals surface area contributed by atoms with Crippen LogP contribution in [0.2, 0.25) is 0 Å². The van der Waals surface area contributed by atoms with Crippen molar-refractivity contribution < 1.29 is 14.3 Å². The fraction of sp³-hybridized carbons (Fsp3) is 0.292. The van der Waals surface area contributed by atoms with Gasteiger partial charge in [-0.05, 0) is 36.1 Å². The summed E-state index contributed by atoms with van der Waals surface area (Å²) in [6.45, 7) is 6.55. The largest absolute Gasteiger partial charge is 0.496 e. The second-order valence-corrected chi connectivity index (χ2v) is 6.39. The highest BCUT2D eigenvalue weighted by Crippen LogP contribution is 2.44. The lowest BCUT2D eigenvalue weighted by atomic mass is 9.83. The van der Waals surface area contributed by atoms with Gasteiger partial charge >= 0.3 is 0 Å². The van der Waals surface area contributed by atoms with Crippen LogP contribution in [0.4, 0.5) is 5.69 Å². The van der Waals surface area contributed by atoms with Crippen LogP contribution >= 0.6 is 0 Å². The molecule has 0 bridgehead atoms. The number of rotatable bonds is 4. The Morgan fingerprint density at radius 1 is 1.04 bits per heavy atom. The Morgan fingerprint density at radius 2 is 1.82 bits per heavy atom. The molecule has 1 N–H and O–H groups in total. The number of fused-ring (bicyclic) bond motifs is 3. The van der Waals surface area contributed by atoms with Crippen LogP contribution in [0.3, 0.4) is 0 Å². The Balaban J connectivity index is 0.00000109. The van der Waals surface area contributed by atoms with Gasteiger partial charge in [0.1, 0.15) is 11.5 Å². The standard InChI is InChI=1S/C22H21NO3.C2H6/c1-3-26-15-9-11-20(25-2)19(12-15)18-13-21(24)23-22-16-7-5-4-6-14(16)8-10-17(18)22;1-2/h4-12,18H,3,13H2,1-2H3,(H,23,24);1-2H3. The predicted octanol–water partition coefficient (Wildman–Crippen LogP) is 5.75. The second kappa shape index (κ2) is 8.79. The van der Waals surface area contributed by atoms with Crippen LogP contribution in [0.1, 0.15) is 44.2 Å². The molecule has 1 amide bonds. The number of carbonyl (C=O) groups excluding carboxylic acids is 1. The molecule has 1 atom stereocenters. The maximum atomic E-state index is 12.5. The zero-order valence-corrected chi connectivity index (χ0v) is 16.9. The number of anilines is 1. The zero-order valence-electron chi connectivity index (χ0n) is 16.9. The van der Waals surface area contributed by atoms with Crippen LogP contribution in [0.15, 0.2) is 54.6 Å². The van der Waals surface area contributed by atoms with Gasteiger partial charge < -0.3 is 14.8 Å². The average Bonchev–Trinajstić information content (AvgIpc) is 2.74. The van der Waals surface area contributed by atoms with Crippen LogP contribution in [-0.2, 0) is 4.79 Å². The van der Waals surface area contributed by atoms with Gasteiger partial charge in [-0.2, -0.15) is 0 Å². The lowest BCUT2D eigenvalue weighted by Crippen LogP contribution is -2.24. The Morgan fingerprint density at radius 3 is 2.57 bits per heavy atom. The lowest BCUT2D eigenvalue weighted by molar-refractivity contribution is -0.116. The third kappa shape index (κ3) is 3.68. The van der Waals surface area contributed by atoms with Gasteiger partial charge in [-0.1, -0.05) is 50.2 Å². The van der Waals surface area contributed by atoms with Gasteiger partial charge in [-0.25, -0.2) is 0 Å². The van der Waals surface area contributed by atoms with Gasteiger partial charge in [0.2, 0.25) is 5.91 Å². The smallest absolute Gasteiger partial charge is 0.225 e. The third-order valence-electron chi connectivity index (χ3n) is 4.88. The van der Waals surface area contributed by atoms with Crippen molar-refractivity contribution in [1.29, 1.82) is 0 Å². The fourth-order valence-electron chi connectivity index (χ4n) is 3.72. The number of amides is 1. The van der Waals surface area contributed by atoms with E-state index in [-0.39, 0.29) is 11.8 Å². The molecular formula is C24H27NO3. The van der Waals surface area contributed by atoms with Gasteiger partial charge in [-0.15, -0.1) is 0 Å². The van der Waals surface area contributed by atoms with E-state index in [4.69, 9.17) is 9.47 Å². The molecule has 4 nitrogen and oxygen atoms in total. The van der Waals surface area contributed by atoms with Crippen molar-refractivity contribution in [2.75, 3.05) is 19.0 Å². The molecule has 3 aromatic rings. The quantitative estimate of drug-likeness (QED) is 0.630. The topological polar surface area (TPSA) is 47.6 Å². The van der Waals surface area contributed by atoms with Gasteiger partial charge in [0.15, 0.2) is 0 Å². The monoisotopic (exact) mass is 377 g/mol. The van der Waals surface area contributed by atoms with Crippen LogP contribution in [0.25, 0.3) is 10.8 Å². The number of ether oxygens (including phenoxy) is 2. The van der Waals surface area contributed by atoms with Crippen LogP contribution in [-0.4, -0.2) is 19.6 Å². The molecule has 1 heterocycles. The molecule has 146 valence electrons. The molecule has 0 saturated carbocycles. The third-order valence-corrected chi connectivity index (χ3v) is 4.88. The van der Waals surface area contributed by atoms with Crippen molar-refractivity contribution in [2.45, 2.75) is 33.1 Å². The maximum absolute atomic E-state index is 12.5. The summed E-state index contributed by atoms with van der Waals surface area (Å²) in [6, 6.07) is 18.1. The van der Waals surface area contributed by atoms with Gasteiger partial charge in [0, 0.05) is 23.3 Å². The average molecular weight is 377 g/mol. The Labute approximate surface area is 166 Å². The molecule has 28 heavy (non-hydrogen) atoms. The first kappa shape index (κ1) is 19.7. The fourth-order valence-corrected chi connectivity index (χ4v) is 3.72.